The molecule has 0 saturated heterocycles. The van der Waals surface area contributed by atoms with Crippen LogP contribution in [0.1, 0.15) is 34.5 Å². The van der Waals surface area contributed by atoms with Crippen molar-refractivity contribution < 1.29 is 9.00 Å². The van der Waals surface area contributed by atoms with Gasteiger partial charge in [-0.05, 0) is 43.7 Å². The maximum absolute atomic E-state index is 12.6. The zero-order chi connectivity index (χ0) is 16.3. The van der Waals surface area contributed by atoms with Gasteiger partial charge in [0.05, 0.1) is 6.04 Å². The van der Waals surface area contributed by atoms with Crippen molar-refractivity contribution in [1.82, 2.24) is 4.90 Å². The van der Waals surface area contributed by atoms with E-state index < -0.39 is 10.8 Å². The van der Waals surface area contributed by atoms with Gasteiger partial charge < -0.3 is 4.90 Å². The molecule has 0 saturated carbocycles. The number of aryl methyl sites for hydroxylation is 1. The van der Waals surface area contributed by atoms with Gasteiger partial charge in [0.25, 0.3) is 5.91 Å². The summed E-state index contributed by atoms with van der Waals surface area (Å²) in [7, 11) is 0.777. The molecule has 2 atom stereocenters. The average Bonchev–Trinajstić information content (AvgIpc) is 2.53. The molecule has 0 aliphatic rings. The Bertz CT molecular complexity index is 677. The number of amides is 1. The number of carbonyl (C=O) groups excluding carboxylic acids is 1. The molecule has 22 heavy (non-hydrogen) atoms. The fourth-order valence-electron chi connectivity index (χ4n) is 2.24. The summed E-state index contributed by atoms with van der Waals surface area (Å²) in [6.45, 7) is 4.06. The molecule has 4 heteroatoms. The first-order chi connectivity index (χ1) is 10.4. The normalized spacial score (nSPS) is 13.5. The van der Waals surface area contributed by atoms with Crippen LogP contribution in [0.25, 0.3) is 0 Å². The van der Waals surface area contributed by atoms with Crippen molar-refractivity contribution in [2.75, 3.05) is 13.3 Å². The molecule has 0 bridgehead atoms. The van der Waals surface area contributed by atoms with Gasteiger partial charge in [-0.1, -0.05) is 29.8 Å². The van der Waals surface area contributed by atoms with E-state index in [1.807, 2.05) is 26.0 Å². The zero-order valence-electron chi connectivity index (χ0n) is 13.4. The van der Waals surface area contributed by atoms with Gasteiger partial charge in [-0.2, -0.15) is 0 Å². The number of nitrogens with zero attached hydrogens (tertiary/aromatic N) is 1. The lowest BCUT2D eigenvalue weighted by atomic mass is 10.0. The van der Waals surface area contributed by atoms with Gasteiger partial charge in [-0.25, -0.2) is 0 Å². The highest BCUT2D eigenvalue weighted by molar-refractivity contribution is 7.84. The van der Waals surface area contributed by atoms with Crippen LogP contribution in [0.5, 0.6) is 0 Å². The third-order valence-electron chi connectivity index (χ3n) is 3.89. The topological polar surface area (TPSA) is 37.4 Å². The minimum absolute atomic E-state index is 0.00640. The van der Waals surface area contributed by atoms with E-state index in [2.05, 4.69) is 12.1 Å². The number of hydrogen-bond acceptors (Lipinski definition) is 2. The van der Waals surface area contributed by atoms with E-state index in [0.717, 1.165) is 10.5 Å². The third-order valence-corrected chi connectivity index (χ3v) is 4.83. The van der Waals surface area contributed by atoms with Gasteiger partial charge in [0.2, 0.25) is 0 Å². The van der Waals surface area contributed by atoms with Crippen LogP contribution in [0.15, 0.2) is 53.4 Å². The van der Waals surface area contributed by atoms with E-state index in [9.17, 15) is 9.00 Å². The first kappa shape index (κ1) is 16.4. The van der Waals surface area contributed by atoms with Crippen LogP contribution in [0.4, 0.5) is 0 Å². The molecule has 0 aliphatic carbocycles. The molecule has 0 aromatic heterocycles. The number of carbonyl (C=O) groups is 1. The molecule has 1 amide bonds. The third kappa shape index (κ3) is 3.63. The van der Waals surface area contributed by atoms with Crippen LogP contribution in [-0.4, -0.2) is 28.3 Å². The molecular formula is C18H21NO2S. The van der Waals surface area contributed by atoms with E-state index in [-0.39, 0.29) is 11.9 Å². The standard InChI is InChI=1S/C18H21NO2S/c1-13-5-7-15(8-6-13)14(2)19(3)18(20)16-9-11-17(12-10-16)22(4)21/h5-12,14H,1-4H3. The second-order valence-electron chi connectivity index (χ2n) is 5.48. The second kappa shape index (κ2) is 6.88. The molecule has 2 unspecified atom stereocenters. The highest BCUT2D eigenvalue weighted by atomic mass is 32.2. The van der Waals surface area contributed by atoms with Crippen molar-refractivity contribution in [1.29, 1.82) is 0 Å². The molecule has 3 nitrogen and oxygen atoms in total. The van der Waals surface area contributed by atoms with Crippen LogP contribution in [-0.2, 0) is 10.8 Å². The number of benzene rings is 2. The summed E-state index contributed by atoms with van der Waals surface area (Å²) in [4.78, 5) is 15.0. The second-order valence-corrected chi connectivity index (χ2v) is 6.86. The van der Waals surface area contributed by atoms with E-state index in [1.165, 1.54) is 5.56 Å². The summed E-state index contributed by atoms with van der Waals surface area (Å²) in [6, 6.07) is 15.1. The summed E-state index contributed by atoms with van der Waals surface area (Å²) in [5.41, 5.74) is 2.91. The summed E-state index contributed by atoms with van der Waals surface area (Å²) < 4.78 is 11.4. The smallest absolute Gasteiger partial charge is 0.254 e. The minimum Gasteiger partial charge on any atom is -0.335 e. The van der Waals surface area contributed by atoms with Crippen LogP contribution in [0.2, 0.25) is 0 Å². The highest BCUT2D eigenvalue weighted by Crippen LogP contribution is 2.21. The quantitative estimate of drug-likeness (QED) is 0.865. The number of rotatable bonds is 4. The SMILES string of the molecule is Cc1ccc(C(C)N(C)C(=O)c2ccc(S(C)=O)cc2)cc1. The Labute approximate surface area is 134 Å². The Morgan fingerprint density at radius 3 is 2.09 bits per heavy atom. The van der Waals surface area contributed by atoms with Gasteiger partial charge in [0, 0.05) is 34.6 Å². The van der Waals surface area contributed by atoms with E-state index in [4.69, 9.17) is 0 Å². The lowest BCUT2D eigenvalue weighted by Gasteiger charge is -2.25. The van der Waals surface area contributed by atoms with Crippen LogP contribution in [0.3, 0.4) is 0 Å². The van der Waals surface area contributed by atoms with Crippen molar-refractivity contribution >= 4 is 16.7 Å². The first-order valence-corrected chi connectivity index (χ1v) is 8.73. The summed E-state index contributed by atoms with van der Waals surface area (Å²) >= 11 is 0. The molecule has 2 aromatic carbocycles. The Balaban J connectivity index is 2.17. The first-order valence-electron chi connectivity index (χ1n) is 7.17. The van der Waals surface area contributed by atoms with Gasteiger partial charge in [0.1, 0.15) is 0 Å². The zero-order valence-corrected chi connectivity index (χ0v) is 14.2. The van der Waals surface area contributed by atoms with Crippen molar-refractivity contribution in [3.8, 4) is 0 Å². The molecule has 0 spiro atoms. The van der Waals surface area contributed by atoms with E-state index in [1.54, 1.807) is 42.5 Å². The van der Waals surface area contributed by atoms with Gasteiger partial charge in [-0.3, -0.25) is 9.00 Å². The molecular weight excluding hydrogens is 294 g/mol. The van der Waals surface area contributed by atoms with Crippen molar-refractivity contribution in [2.24, 2.45) is 0 Å². The Morgan fingerprint density at radius 1 is 1.05 bits per heavy atom. The molecule has 0 radical (unpaired) electrons. The van der Waals surface area contributed by atoms with Crippen molar-refractivity contribution in [3.63, 3.8) is 0 Å². The van der Waals surface area contributed by atoms with Crippen LogP contribution >= 0.6 is 0 Å². The van der Waals surface area contributed by atoms with E-state index >= 15 is 0 Å². The summed E-state index contributed by atoms with van der Waals surface area (Å²) in [5.74, 6) is -0.0403. The Morgan fingerprint density at radius 2 is 1.59 bits per heavy atom. The monoisotopic (exact) mass is 315 g/mol. The lowest BCUT2D eigenvalue weighted by molar-refractivity contribution is 0.0742. The number of hydrogen-bond donors (Lipinski definition) is 0. The largest absolute Gasteiger partial charge is 0.335 e. The Kier molecular flexibility index (Phi) is 5.14. The fourth-order valence-corrected chi connectivity index (χ4v) is 2.76. The average molecular weight is 315 g/mol. The van der Waals surface area contributed by atoms with Crippen LogP contribution < -0.4 is 0 Å². The van der Waals surface area contributed by atoms with Crippen molar-refractivity contribution in [3.05, 3.63) is 65.2 Å². The molecule has 0 fully saturated rings. The summed E-state index contributed by atoms with van der Waals surface area (Å²) in [5, 5.41) is 0. The minimum atomic E-state index is -1.03. The molecule has 0 N–H and O–H groups in total. The molecule has 2 rings (SSSR count). The molecule has 2 aromatic rings. The van der Waals surface area contributed by atoms with Gasteiger partial charge in [0.15, 0.2) is 0 Å². The predicted octanol–water partition coefficient (Wildman–Crippen LogP) is 3.57. The molecule has 116 valence electrons. The maximum Gasteiger partial charge on any atom is 0.254 e. The van der Waals surface area contributed by atoms with E-state index in [0.29, 0.717) is 5.56 Å². The maximum atomic E-state index is 12.6. The Hall–Kier alpha value is -1.94. The molecule has 0 heterocycles. The fraction of sp³-hybridized carbons (Fsp3) is 0.278. The predicted molar refractivity (Wildman–Crippen MR) is 90.5 cm³/mol. The van der Waals surface area contributed by atoms with Gasteiger partial charge >= 0.3 is 0 Å². The van der Waals surface area contributed by atoms with Gasteiger partial charge in [-0.15, -0.1) is 0 Å². The summed E-state index contributed by atoms with van der Waals surface area (Å²) in [6.07, 6.45) is 1.63. The van der Waals surface area contributed by atoms with Crippen molar-refractivity contribution in [2.45, 2.75) is 24.8 Å². The molecule has 0 aliphatic heterocycles. The van der Waals surface area contributed by atoms with Crippen LogP contribution in [0, 0.1) is 6.92 Å². The lowest BCUT2D eigenvalue weighted by Crippen LogP contribution is -2.29. The highest BCUT2D eigenvalue weighted by Gasteiger charge is 2.18.